The van der Waals surface area contributed by atoms with Crippen LogP contribution < -0.4 is 10.6 Å². The van der Waals surface area contributed by atoms with Crippen molar-refractivity contribution in [2.45, 2.75) is 51.6 Å². The molecule has 0 amide bonds. The Balaban J connectivity index is 1.48. The third-order valence-corrected chi connectivity index (χ3v) is 7.71. The van der Waals surface area contributed by atoms with Crippen LogP contribution in [-0.2, 0) is 5.54 Å². The first-order valence-corrected chi connectivity index (χ1v) is 13.9. The van der Waals surface area contributed by atoms with E-state index in [-0.39, 0.29) is 5.41 Å². The molecule has 3 aromatic heterocycles. The normalized spacial score (nSPS) is 14.8. The minimum absolute atomic E-state index is 0.0750. The lowest BCUT2D eigenvalue weighted by molar-refractivity contribution is 0.0593. The number of fused-ring (bicyclic) bond motifs is 2. The summed E-state index contributed by atoms with van der Waals surface area (Å²) in [6, 6.07) is 17.0. The molecule has 2 aromatic carbocycles. The second-order valence-electron chi connectivity index (χ2n) is 12.1. The summed E-state index contributed by atoms with van der Waals surface area (Å²) in [5, 5.41) is 36.8. The van der Waals surface area contributed by atoms with Crippen LogP contribution in [0.3, 0.4) is 0 Å². The minimum Gasteiger partial charge on any atom is -0.383 e. The van der Waals surface area contributed by atoms with Crippen LogP contribution in [0.4, 0.5) is 20.2 Å². The molecule has 0 aliphatic heterocycles. The summed E-state index contributed by atoms with van der Waals surface area (Å²) in [5.41, 5.74) is 2.89. The largest absolute Gasteiger partial charge is 0.383 e. The third kappa shape index (κ3) is 5.30. The first kappa shape index (κ1) is 28.0. The van der Waals surface area contributed by atoms with Crippen LogP contribution in [0.25, 0.3) is 21.8 Å². The number of rotatable bonds is 8. The second-order valence-corrected chi connectivity index (χ2v) is 12.1. The van der Waals surface area contributed by atoms with Crippen molar-refractivity contribution in [2.24, 2.45) is 5.41 Å². The number of nitrogens with zero attached hydrogens (tertiary/aromatic N) is 7. The fraction of sp³-hybridized carbons (Fsp3) is 0.312. The van der Waals surface area contributed by atoms with Gasteiger partial charge in [0.2, 0.25) is 0 Å². The smallest absolute Gasteiger partial charge is 0.263 e. The Bertz CT molecular complexity index is 1920. The van der Waals surface area contributed by atoms with E-state index in [2.05, 4.69) is 63.8 Å². The summed E-state index contributed by atoms with van der Waals surface area (Å²) in [4.78, 5) is 8.92. The first-order valence-electron chi connectivity index (χ1n) is 13.9. The Morgan fingerprint density at radius 3 is 2.53 bits per heavy atom. The highest BCUT2D eigenvalue weighted by Crippen LogP contribution is 2.48. The molecular weight excluding hydrogens is 548 g/mol. The number of alkyl halides is 2. The van der Waals surface area contributed by atoms with Gasteiger partial charge in [0.05, 0.1) is 40.1 Å². The van der Waals surface area contributed by atoms with Gasteiger partial charge in [0.25, 0.3) is 6.43 Å². The lowest BCUT2D eigenvalue weighted by Crippen LogP contribution is -2.26. The monoisotopic (exact) mass is 577 g/mol. The van der Waals surface area contributed by atoms with Gasteiger partial charge >= 0.3 is 0 Å². The van der Waals surface area contributed by atoms with Gasteiger partial charge in [-0.05, 0) is 48.1 Å². The summed E-state index contributed by atoms with van der Waals surface area (Å²) in [6.07, 6.45) is 2.86. The van der Waals surface area contributed by atoms with Crippen LogP contribution in [0, 0.1) is 28.1 Å². The van der Waals surface area contributed by atoms with E-state index in [9.17, 15) is 19.3 Å². The maximum atomic E-state index is 13.9. The van der Waals surface area contributed by atoms with Crippen molar-refractivity contribution in [3.05, 3.63) is 83.4 Å². The zero-order valence-electron chi connectivity index (χ0n) is 23.9. The first-order chi connectivity index (χ1) is 20.6. The molecule has 6 rings (SSSR count). The molecule has 0 radical (unpaired) electrons. The van der Waals surface area contributed by atoms with Gasteiger partial charge in [-0.2, -0.15) is 10.5 Å². The number of nitriles is 2. The Hall–Kier alpha value is -5.16. The second kappa shape index (κ2) is 10.6. The zero-order valence-corrected chi connectivity index (χ0v) is 23.9. The standard InChI is InChI=1S/C32H29F2N9/c1-31(2,3)18-39-28-22(15-36)16-38-27-21(14-35)11-23(13-24(27)28)40-29(20-7-6-19-5-4-10-37-25(19)12-20)26-17-43(42-41-26)32(8-9-32)30(33)34/h4-7,10-13,16-17,29-30,40H,8-9,18H2,1-3H3,(H,38,39). The van der Waals surface area contributed by atoms with Crippen LogP contribution >= 0.6 is 0 Å². The van der Waals surface area contributed by atoms with Gasteiger partial charge in [0.15, 0.2) is 0 Å². The Morgan fingerprint density at radius 1 is 1.05 bits per heavy atom. The SMILES string of the molecule is CC(C)(C)CNc1c(C#N)cnc2c(C#N)cc(NC(c3ccc4cccnc4c3)c3cn(C4(C(F)F)CC4)nn3)cc12. The van der Waals surface area contributed by atoms with Crippen LogP contribution in [0.5, 0.6) is 0 Å². The Labute approximate surface area is 247 Å². The molecule has 1 aliphatic carbocycles. The molecule has 1 unspecified atom stereocenters. The highest BCUT2D eigenvalue weighted by molar-refractivity contribution is 5.99. The van der Waals surface area contributed by atoms with E-state index < -0.39 is 18.0 Å². The molecule has 0 bridgehead atoms. The van der Waals surface area contributed by atoms with Crippen LogP contribution in [-0.4, -0.2) is 37.9 Å². The van der Waals surface area contributed by atoms with Crippen LogP contribution in [0.15, 0.2) is 61.1 Å². The molecule has 1 aliphatic rings. The lowest BCUT2D eigenvalue weighted by atomic mass is 9.96. The number of hydrogen-bond acceptors (Lipinski definition) is 8. The minimum atomic E-state index is -2.56. The molecule has 5 aromatic rings. The molecule has 9 nitrogen and oxygen atoms in total. The highest BCUT2D eigenvalue weighted by atomic mass is 19.3. The fourth-order valence-corrected chi connectivity index (χ4v) is 5.16. The Kier molecular flexibility index (Phi) is 6.89. The molecular formula is C32H29F2N9. The fourth-order valence-electron chi connectivity index (χ4n) is 5.16. The average Bonchev–Trinajstić information content (AvgIpc) is 3.67. The molecule has 1 fully saturated rings. The number of hydrogen-bond donors (Lipinski definition) is 2. The number of aromatic nitrogens is 5. The molecule has 3 heterocycles. The molecule has 2 N–H and O–H groups in total. The average molecular weight is 578 g/mol. The summed E-state index contributed by atoms with van der Waals surface area (Å²) < 4.78 is 29.1. The van der Waals surface area contributed by atoms with Crippen molar-refractivity contribution in [1.29, 1.82) is 10.5 Å². The van der Waals surface area contributed by atoms with Crippen molar-refractivity contribution in [2.75, 3.05) is 17.2 Å². The molecule has 0 spiro atoms. The van der Waals surface area contributed by atoms with E-state index in [1.54, 1.807) is 18.5 Å². The number of pyridine rings is 2. The number of nitrogens with one attached hydrogen (secondary N) is 2. The van der Waals surface area contributed by atoms with Gasteiger partial charge < -0.3 is 10.6 Å². The number of halogens is 2. The van der Waals surface area contributed by atoms with Crippen molar-refractivity contribution in [3.8, 4) is 12.1 Å². The summed E-state index contributed by atoms with van der Waals surface area (Å²) in [5.74, 6) is 0. The number of anilines is 2. The van der Waals surface area contributed by atoms with E-state index in [1.807, 2.05) is 36.4 Å². The third-order valence-electron chi connectivity index (χ3n) is 7.71. The van der Waals surface area contributed by atoms with E-state index in [0.29, 0.717) is 58.5 Å². The van der Waals surface area contributed by atoms with Gasteiger partial charge in [-0.1, -0.05) is 44.2 Å². The molecule has 0 saturated heterocycles. The van der Waals surface area contributed by atoms with Gasteiger partial charge in [0.1, 0.15) is 23.4 Å². The Morgan fingerprint density at radius 2 is 1.84 bits per heavy atom. The predicted octanol–water partition coefficient (Wildman–Crippen LogP) is 6.53. The van der Waals surface area contributed by atoms with E-state index in [4.69, 9.17) is 0 Å². The molecule has 1 atom stereocenters. The van der Waals surface area contributed by atoms with Crippen molar-refractivity contribution < 1.29 is 8.78 Å². The van der Waals surface area contributed by atoms with E-state index in [1.165, 1.54) is 10.9 Å². The molecule has 216 valence electrons. The van der Waals surface area contributed by atoms with E-state index >= 15 is 0 Å². The molecule has 11 heteroatoms. The maximum Gasteiger partial charge on any atom is 0.263 e. The van der Waals surface area contributed by atoms with Crippen molar-refractivity contribution >= 4 is 33.2 Å². The summed E-state index contributed by atoms with van der Waals surface area (Å²) >= 11 is 0. The van der Waals surface area contributed by atoms with Gasteiger partial charge in [0, 0.05) is 35.4 Å². The molecule has 1 saturated carbocycles. The van der Waals surface area contributed by atoms with Crippen molar-refractivity contribution in [1.82, 2.24) is 25.0 Å². The maximum absolute atomic E-state index is 13.9. The van der Waals surface area contributed by atoms with Crippen LogP contribution in [0.1, 0.15) is 62.0 Å². The quantitative estimate of drug-likeness (QED) is 0.213. The lowest BCUT2D eigenvalue weighted by Gasteiger charge is -2.22. The zero-order chi connectivity index (χ0) is 30.4. The van der Waals surface area contributed by atoms with Crippen LogP contribution in [0.2, 0.25) is 0 Å². The van der Waals surface area contributed by atoms with E-state index in [0.717, 1.165) is 16.5 Å². The summed E-state index contributed by atoms with van der Waals surface area (Å²) in [7, 11) is 0. The highest BCUT2D eigenvalue weighted by Gasteiger charge is 2.54. The summed E-state index contributed by atoms with van der Waals surface area (Å²) in [6.45, 7) is 6.83. The van der Waals surface area contributed by atoms with Gasteiger partial charge in [-0.3, -0.25) is 9.97 Å². The van der Waals surface area contributed by atoms with Gasteiger partial charge in [-0.25, -0.2) is 13.5 Å². The van der Waals surface area contributed by atoms with Gasteiger partial charge in [-0.15, -0.1) is 5.10 Å². The predicted molar refractivity (Wildman–Crippen MR) is 160 cm³/mol. The topological polar surface area (TPSA) is 128 Å². The number of benzene rings is 2. The molecule has 43 heavy (non-hydrogen) atoms. The van der Waals surface area contributed by atoms with Crippen molar-refractivity contribution in [3.63, 3.8) is 0 Å².